The lowest BCUT2D eigenvalue weighted by Gasteiger charge is -2.26. The van der Waals surface area contributed by atoms with Gasteiger partial charge in [0.1, 0.15) is 0 Å². The third-order valence-corrected chi connectivity index (χ3v) is 13.2. The highest BCUT2D eigenvalue weighted by atomic mass is 127. The molecule has 0 spiro atoms. The van der Waals surface area contributed by atoms with Gasteiger partial charge in [0.05, 0.1) is 21.0 Å². The minimum absolute atomic E-state index is 0.0897. The van der Waals surface area contributed by atoms with E-state index >= 15 is 0 Å². The van der Waals surface area contributed by atoms with E-state index in [2.05, 4.69) is 156 Å². The highest BCUT2D eigenvalue weighted by molar-refractivity contribution is 14.1. The molecule has 8 nitrogen and oxygen atoms in total. The number of para-hydroxylation sites is 4. The normalized spacial score (nSPS) is 10.4. The van der Waals surface area contributed by atoms with Crippen LogP contribution in [-0.4, -0.2) is 9.85 Å². The molecule has 0 bridgehead atoms. The van der Waals surface area contributed by atoms with Gasteiger partial charge >= 0.3 is 0 Å². The van der Waals surface area contributed by atoms with Crippen molar-refractivity contribution >= 4 is 94.3 Å². The molecular formula is C60H43Br2IN4O4. The summed E-state index contributed by atoms with van der Waals surface area (Å²) in [4.78, 5) is 24.0. The van der Waals surface area contributed by atoms with Gasteiger partial charge in [-0.2, -0.15) is 0 Å². The molecule has 0 amide bonds. The molecule has 0 aliphatic heterocycles. The Kier molecular flexibility index (Phi) is 17.0. The molecule has 11 heteroatoms. The van der Waals surface area contributed by atoms with Gasteiger partial charge in [0.25, 0.3) is 11.4 Å². The van der Waals surface area contributed by atoms with E-state index in [4.69, 9.17) is 0 Å². The van der Waals surface area contributed by atoms with E-state index in [1.807, 2.05) is 127 Å². The molecule has 10 aromatic carbocycles. The van der Waals surface area contributed by atoms with Crippen LogP contribution in [0.15, 0.2) is 264 Å². The number of halogens is 3. The van der Waals surface area contributed by atoms with Crippen LogP contribution >= 0.6 is 54.5 Å². The minimum atomic E-state index is -0.352. The van der Waals surface area contributed by atoms with E-state index in [0.29, 0.717) is 11.1 Å². The third kappa shape index (κ3) is 12.9. The van der Waals surface area contributed by atoms with E-state index in [1.54, 1.807) is 24.3 Å². The van der Waals surface area contributed by atoms with Crippen LogP contribution in [0.4, 0.5) is 39.8 Å². The predicted molar refractivity (Wildman–Crippen MR) is 307 cm³/mol. The van der Waals surface area contributed by atoms with Crippen LogP contribution in [0.2, 0.25) is 0 Å². The van der Waals surface area contributed by atoms with Gasteiger partial charge in [-0.1, -0.05) is 177 Å². The molecule has 0 heterocycles. The van der Waals surface area contributed by atoms with Gasteiger partial charge in [-0.3, -0.25) is 20.2 Å². The number of nitrogens with one attached hydrogen (secondary N) is 1. The number of hydrogen-bond acceptors (Lipinski definition) is 6. The average molecular weight is 1170 g/mol. The van der Waals surface area contributed by atoms with Crippen LogP contribution < -0.4 is 10.2 Å². The fourth-order valence-corrected chi connectivity index (χ4v) is 9.47. The number of hydrogen-bond donors (Lipinski definition) is 1. The Morgan fingerprint density at radius 3 is 1.23 bits per heavy atom. The molecule has 0 saturated carbocycles. The van der Waals surface area contributed by atoms with Crippen LogP contribution in [-0.2, 0) is 0 Å². The molecule has 1 N–H and O–H groups in total. The summed E-state index contributed by atoms with van der Waals surface area (Å²) in [6, 6.07) is 82.7. The molecule has 0 aromatic heterocycles. The molecule has 0 aliphatic carbocycles. The summed E-state index contributed by atoms with van der Waals surface area (Å²) in [7, 11) is 0. The predicted octanol–water partition coefficient (Wildman–Crippen LogP) is 18.9. The van der Waals surface area contributed by atoms with Crippen molar-refractivity contribution in [2.45, 2.75) is 0 Å². The lowest BCUT2D eigenvalue weighted by atomic mass is 10.0. The fourth-order valence-electron chi connectivity index (χ4n) is 7.90. The standard InChI is InChI=1S/C30H21BrN2O2.C18H14BrN.C12H8INO2/c31-29-18-6-4-16-27(29)22-10-8-14-25(20-22)32(24-12-2-1-3-13-24)26-15-9-11-23(21-26)28-17-5-7-19-30(28)33(34)35;19-18-12-5-4-11-17(18)14-7-6-10-16(13-14)20-15-8-2-1-3-9-15;13-10-5-3-4-9(8-10)11-6-1-2-7-12(11)14(15)16/h1-21H;1-13,20H;1-8H. The first kappa shape index (κ1) is 49.7. The van der Waals surface area contributed by atoms with Gasteiger partial charge in [0, 0.05) is 53.1 Å². The van der Waals surface area contributed by atoms with E-state index in [-0.39, 0.29) is 21.2 Å². The second-order valence-corrected chi connectivity index (χ2v) is 18.8. The summed E-state index contributed by atoms with van der Waals surface area (Å²) in [5.41, 5.74) is 12.8. The second-order valence-electron chi connectivity index (χ2n) is 15.9. The zero-order valence-electron chi connectivity index (χ0n) is 37.9. The number of nitro benzene ring substituents is 2. The lowest BCUT2D eigenvalue weighted by Crippen LogP contribution is -2.10. The van der Waals surface area contributed by atoms with Crippen molar-refractivity contribution in [2.24, 2.45) is 0 Å². The number of rotatable bonds is 11. The molecule has 10 aromatic rings. The zero-order valence-corrected chi connectivity index (χ0v) is 43.2. The van der Waals surface area contributed by atoms with E-state index in [0.717, 1.165) is 63.2 Å². The maximum Gasteiger partial charge on any atom is 0.277 e. The van der Waals surface area contributed by atoms with Gasteiger partial charge in [-0.05, 0) is 153 Å². The Morgan fingerprint density at radius 1 is 0.366 bits per heavy atom. The van der Waals surface area contributed by atoms with E-state index < -0.39 is 0 Å². The van der Waals surface area contributed by atoms with Crippen molar-refractivity contribution in [3.8, 4) is 44.5 Å². The summed E-state index contributed by atoms with van der Waals surface area (Å²) in [6.45, 7) is 0. The molecule has 0 atom stereocenters. The molecule has 0 fully saturated rings. The van der Waals surface area contributed by atoms with Crippen LogP contribution in [0.3, 0.4) is 0 Å². The smallest absolute Gasteiger partial charge is 0.277 e. The topological polar surface area (TPSA) is 102 Å². The van der Waals surface area contributed by atoms with Crippen molar-refractivity contribution in [1.29, 1.82) is 0 Å². The third-order valence-electron chi connectivity index (χ3n) is 11.2. The Hall–Kier alpha value is -7.71. The van der Waals surface area contributed by atoms with Gasteiger partial charge in [-0.25, -0.2) is 0 Å². The highest BCUT2D eigenvalue weighted by Crippen LogP contribution is 2.40. The largest absolute Gasteiger partial charge is 0.356 e. The molecule has 0 aliphatic rings. The Bertz CT molecular complexity index is 3430. The van der Waals surface area contributed by atoms with E-state index in [9.17, 15) is 20.2 Å². The monoisotopic (exact) mass is 1170 g/mol. The summed E-state index contributed by atoms with van der Waals surface area (Å²) in [5, 5.41) is 25.9. The number of benzene rings is 10. The SMILES string of the molecule is Brc1ccccc1-c1cccc(Nc2ccccc2)c1.O=[N+]([O-])c1ccccc1-c1cccc(I)c1.O=[N+]([O-])c1ccccc1-c1cccc(N(c2ccccc2)c2cccc(-c3ccccc3Br)c2)c1. The summed E-state index contributed by atoms with van der Waals surface area (Å²) >= 11 is 9.47. The number of nitrogens with zero attached hydrogens (tertiary/aromatic N) is 3. The van der Waals surface area contributed by atoms with Crippen LogP contribution in [0.25, 0.3) is 44.5 Å². The first-order chi connectivity index (χ1) is 34.6. The average Bonchev–Trinajstić information content (AvgIpc) is 3.40. The molecular weight excluding hydrogens is 1130 g/mol. The molecule has 0 radical (unpaired) electrons. The maximum absolute atomic E-state index is 11.6. The second kappa shape index (κ2) is 24.2. The fraction of sp³-hybridized carbons (Fsp3) is 0. The minimum Gasteiger partial charge on any atom is -0.356 e. The molecule has 0 unspecified atom stereocenters. The van der Waals surface area contributed by atoms with Crippen molar-refractivity contribution in [1.82, 2.24) is 0 Å². The molecule has 71 heavy (non-hydrogen) atoms. The van der Waals surface area contributed by atoms with Gasteiger partial charge < -0.3 is 10.2 Å². The Balaban J connectivity index is 0.000000158. The lowest BCUT2D eigenvalue weighted by molar-refractivity contribution is -0.384. The van der Waals surface area contributed by atoms with Crippen molar-refractivity contribution < 1.29 is 9.85 Å². The summed E-state index contributed by atoms with van der Waals surface area (Å²) in [6.07, 6.45) is 0. The van der Waals surface area contributed by atoms with Crippen molar-refractivity contribution in [2.75, 3.05) is 10.2 Å². The van der Waals surface area contributed by atoms with Crippen LogP contribution in [0.5, 0.6) is 0 Å². The van der Waals surface area contributed by atoms with Crippen LogP contribution in [0, 0.1) is 23.8 Å². The summed E-state index contributed by atoms with van der Waals surface area (Å²) < 4.78 is 3.20. The van der Waals surface area contributed by atoms with Crippen molar-refractivity contribution in [3.63, 3.8) is 0 Å². The summed E-state index contributed by atoms with van der Waals surface area (Å²) in [5.74, 6) is 0. The maximum atomic E-state index is 11.6. The van der Waals surface area contributed by atoms with E-state index in [1.165, 1.54) is 23.3 Å². The van der Waals surface area contributed by atoms with Gasteiger partial charge in [0.2, 0.25) is 0 Å². The first-order valence-electron chi connectivity index (χ1n) is 22.3. The number of nitro groups is 2. The Labute approximate surface area is 443 Å². The Morgan fingerprint density at radius 2 is 0.732 bits per heavy atom. The van der Waals surface area contributed by atoms with Crippen molar-refractivity contribution in [3.05, 3.63) is 288 Å². The molecule has 0 saturated heterocycles. The molecule has 348 valence electrons. The first-order valence-corrected chi connectivity index (χ1v) is 25.0. The highest BCUT2D eigenvalue weighted by Gasteiger charge is 2.19. The zero-order chi connectivity index (χ0) is 49.5. The number of anilines is 5. The van der Waals surface area contributed by atoms with Gasteiger partial charge in [0.15, 0.2) is 0 Å². The molecule has 10 rings (SSSR count). The van der Waals surface area contributed by atoms with Gasteiger partial charge in [-0.15, -0.1) is 0 Å². The quantitative estimate of drug-likeness (QED) is 0.0786. The van der Waals surface area contributed by atoms with Crippen LogP contribution in [0.1, 0.15) is 0 Å².